The van der Waals surface area contributed by atoms with Crippen LogP contribution in [0.1, 0.15) is 37.7 Å². The lowest BCUT2D eigenvalue weighted by Crippen LogP contribution is -2.50. The second-order valence-corrected chi connectivity index (χ2v) is 6.59. The minimum Gasteiger partial charge on any atom is -0.341 e. The van der Waals surface area contributed by atoms with Crippen LogP contribution in [0.5, 0.6) is 0 Å². The number of likely N-dealkylation sites (N-methyl/N-ethyl adjacent to an activating group) is 1. The molecule has 1 aliphatic heterocycles. The minimum atomic E-state index is 0.319. The van der Waals surface area contributed by atoms with Gasteiger partial charge in [-0.25, -0.2) is 0 Å². The van der Waals surface area contributed by atoms with Crippen LogP contribution in [0.3, 0.4) is 0 Å². The molecule has 2 aliphatic rings. The molecule has 0 spiro atoms. The summed E-state index contributed by atoms with van der Waals surface area (Å²) >= 11 is 0. The van der Waals surface area contributed by atoms with E-state index in [2.05, 4.69) is 35.2 Å². The number of nitrogens with zero attached hydrogens (tertiary/aromatic N) is 2. The van der Waals surface area contributed by atoms with Gasteiger partial charge in [-0.15, -0.1) is 0 Å². The maximum Gasteiger partial charge on any atom is 0.225 e. The second-order valence-electron chi connectivity index (χ2n) is 6.59. The van der Waals surface area contributed by atoms with Crippen LogP contribution in [-0.2, 0) is 11.3 Å². The fraction of sp³-hybridized carbons (Fsp3) is 0.611. The van der Waals surface area contributed by atoms with E-state index in [0.29, 0.717) is 17.9 Å². The molecule has 3 nitrogen and oxygen atoms in total. The van der Waals surface area contributed by atoms with Crippen molar-refractivity contribution in [1.82, 2.24) is 9.80 Å². The number of amides is 1. The molecule has 1 aromatic rings. The van der Waals surface area contributed by atoms with Crippen molar-refractivity contribution in [3.8, 4) is 0 Å². The number of rotatable bonds is 4. The summed E-state index contributed by atoms with van der Waals surface area (Å²) < 4.78 is 0. The number of likely N-dealkylation sites (tertiary alicyclic amines) is 1. The van der Waals surface area contributed by atoms with Crippen LogP contribution < -0.4 is 0 Å². The lowest BCUT2D eigenvalue weighted by Gasteiger charge is -2.40. The molecular weight excluding hydrogens is 260 g/mol. The normalized spacial score (nSPS) is 23.6. The Morgan fingerprint density at radius 2 is 1.95 bits per heavy atom. The topological polar surface area (TPSA) is 23.6 Å². The van der Waals surface area contributed by atoms with E-state index in [4.69, 9.17) is 0 Å². The molecule has 0 N–H and O–H groups in total. The zero-order valence-electron chi connectivity index (χ0n) is 13.0. The van der Waals surface area contributed by atoms with Gasteiger partial charge in [-0.3, -0.25) is 9.69 Å². The predicted molar refractivity (Wildman–Crippen MR) is 84.9 cm³/mol. The Morgan fingerprint density at radius 1 is 1.19 bits per heavy atom. The van der Waals surface area contributed by atoms with Crippen molar-refractivity contribution >= 4 is 5.91 Å². The number of piperidine rings is 1. The first-order valence-electron chi connectivity index (χ1n) is 8.27. The zero-order chi connectivity index (χ0) is 14.7. The van der Waals surface area contributed by atoms with Crippen LogP contribution in [0.4, 0.5) is 0 Å². The third-order valence-electron chi connectivity index (χ3n) is 5.08. The van der Waals surface area contributed by atoms with Crippen molar-refractivity contribution in [2.24, 2.45) is 5.92 Å². The lowest BCUT2D eigenvalue weighted by molar-refractivity contribution is -0.140. The van der Waals surface area contributed by atoms with Crippen LogP contribution in [-0.4, -0.2) is 41.9 Å². The van der Waals surface area contributed by atoms with E-state index in [0.717, 1.165) is 38.9 Å². The molecule has 21 heavy (non-hydrogen) atoms. The fourth-order valence-electron chi connectivity index (χ4n) is 3.46. The van der Waals surface area contributed by atoms with Gasteiger partial charge in [-0.1, -0.05) is 36.8 Å². The number of carbonyl (C=O) groups excluding carboxylic acids is 1. The van der Waals surface area contributed by atoms with Gasteiger partial charge in [-0.2, -0.15) is 0 Å². The number of carbonyl (C=O) groups is 1. The third kappa shape index (κ3) is 3.46. The highest BCUT2D eigenvalue weighted by Crippen LogP contribution is 2.29. The van der Waals surface area contributed by atoms with Crippen LogP contribution >= 0.6 is 0 Å². The average Bonchev–Trinajstić information content (AvgIpc) is 2.46. The molecule has 2 fully saturated rings. The molecule has 1 saturated heterocycles. The van der Waals surface area contributed by atoms with E-state index < -0.39 is 0 Å². The van der Waals surface area contributed by atoms with E-state index in [1.54, 1.807) is 0 Å². The minimum absolute atomic E-state index is 0.319. The van der Waals surface area contributed by atoms with E-state index in [-0.39, 0.29) is 0 Å². The summed E-state index contributed by atoms with van der Waals surface area (Å²) in [6.45, 7) is 3.17. The summed E-state index contributed by atoms with van der Waals surface area (Å²) in [7, 11) is 2.01. The quantitative estimate of drug-likeness (QED) is 0.849. The molecule has 1 aromatic carbocycles. The maximum atomic E-state index is 12.4. The molecular formula is C18H26N2O. The van der Waals surface area contributed by atoms with Crippen LogP contribution in [0.15, 0.2) is 30.3 Å². The van der Waals surface area contributed by atoms with Crippen molar-refractivity contribution < 1.29 is 4.79 Å². The average molecular weight is 286 g/mol. The molecule has 1 heterocycles. The van der Waals surface area contributed by atoms with Gasteiger partial charge in [0.2, 0.25) is 5.91 Å². The van der Waals surface area contributed by atoms with Crippen molar-refractivity contribution in [2.75, 3.05) is 20.1 Å². The van der Waals surface area contributed by atoms with Crippen LogP contribution in [0.2, 0.25) is 0 Å². The first-order valence-corrected chi connectivity index (χ1v) is 8.27. The summed E-state index contributed by atoms with van der Waals surface area (Å²) in [4.78, 5) is 16.9. The van der Waals surface area contributed by atoms with Gasteiger partial charge in [0, 0.05) is 32.1 Å². The standard InChI is InChI=1S/C18H26N2O/c1-19(18(21)16-9-5-10-16)17-11-6-12-20(14-17)13-15-7-3-2-4-8-15/h2-4,7-8,16-17H,5-6,9-14H2,1H3. The zero-order valence-corrected chi connectivity index (χ0v) is 13.0. The third-order valence-corrected chi connectivity index (χ3v) is 5.08. The fourth-order valence-corrected chi connectivity index (χ4v) is 3.46. The lowest BCUT2D eigenvalue weighted by atomic mass is 9.84. The molecule has 1 aliphatic carbocycles. The Balaban J connectivity index is 1.56. The van der Waals surface area contributed by atoms with Crippen LogP contribution in [0.25, 0.3) is 0 Å². The van der Waals surface area contributed by atoms with E-state index >= 15 is 0 Å². The number of hydrogen-bond acceptors (Lipinski definition) is 2. The number of benzene rings is 1. The summed E-state index contributed by atoms with van der Waals surface area (Å²) in [5, 5.41) is 0. The van der Waals surface area contributed by atoms with E-state index in [1.165, 1.54) is 18.4 Å². The van der Waals surface area contributed by atoms with Gasteiger partial charge in [0.25, 0.3) is 0 Å². The predicted octanol–water partition coefficient (Wildman–Crippen LogP) is 2.91. The van der Waals surface area contributed by atoms with Gasteiger partial charge >= 0.3 is 0 Å². The summed E-state index contributed by atoms with van der Waals surface area (Å²) in [5.41, 5.74) is 1.37. The molecule has 1 unspecified atom stereocenters. The maximum absolute atomic E-state index is 12.4. The smallest absolute Gasteiger partial charge is 0.225 e. The van der Waals surface area contributed by atoms with E-state index in [1.807, 2.05) is 11.9 Å². The number of hydrogen-bond donors (Lipinski definition) is 0. The van der Waals surface area contributed by atoms with Crippen molar-refractivity contribution in [2.45, 2.75) is 44.7 Å². The van der Waals surface area contributed by atoms with E-state index in [9.17, 15) is 4.79 Å². The van der Waals surface area contributed by atoms with Crippen molar-refractivity contribution in [3.63, 3.8) is 0 Å². The van der Waals surface area contributed by atoms with Gasteiger partial charge in [0.05, 0.1) is 0 Å². The van der Waals surface area contributed by atoms with Crippen molar-refractivity contribution in [3.05, 3.63) is 35.9 Å². The monoisotopic (exact) mass is 286 g/mol. The van der Waals surface area contributed by atoms with Gasteiger partial charge in [0.1, 0.15) is 0 Å². The molecule has 1 saturated carbocycles. The Labute approximate surface area is 127 Å². The first-order chi connectivity index (χ1) is 10.2. The molecule has 3 heteroatoms. The molecule has 114 valence electrons. The summed E-state index contributed by atoms with van der Waals surface area (Å²) in [6, 6.07) is 11.0. The highest BCUT2D eigenvalue weighted by Gasteiger charge is 2.32. The highest BCUT2D eigenvalue weighted by molar-refractivity contribution is 5.79. The molecule has 0 bridgehead atoms. The van der Waals surface area contributed by atoms with Crippen molar-refractivity contribution in [1.29, 1.82) is 0 Å². The first kappa shape index (κ1) is 14.6. The van der Waals surface area contributed by atoms with Gasteiger partial charge in [0.15, 0.2) is 0 Å². The molecule has 3 rings (SSSR count). The Hall–Kier alpha value is -1.35. The highest BCUT2D eigenvalue weighted by atomic mass is 16.2. The largest absolute Gasteiger partial charge is 0.341 e. The SMILES string of the molecule is CN(C(=O)C1CCC1)C1CCCN(Cc2ccccc2)C1. The second kappa shape index (κ2) is 6.61. The van der Waals surface area contributed by atoms with Gasteiger partial charge < -0.3 is 4.90 Å². The van der Waals surface area contributed by atoms with Gasteiger partial charge in [-0.05, 0) is 37.8 Å². The molecule has 1 atom stereocenters. The Bertz CT molecular complexity index is 469. The Morgan fingerprint density at radius 3 is 2.62 bits per heavy atom. The summed E-state index contributed by atoms with van der Waals surface area (Å²) in [6.07, 6.45) is 5.78. The Kier molecular flexibility index (Phi) is 4.59. The van der Waals surface area contributed by atoms with Crippen LogP contribution in [0, 0.1) is 5.92 Å². The molecule has 1 amide bonds. The molecule has 0 aromatic heterocycles. The summed E-state index contributed by atoms with van der Waals surface area (Å²) in [5.74, 6) is 0.701. The molecule has 0 radical (unpaired) electrons.